The van der Waals surface area contributed by atoms with Crippen molar-refractivity contribution in [3.8, 4) is 0 Å². The maximum absolute atomic E-state index is 12.5. The van der Waals surface area contributed by atoms with Gasteiger partial charge < -0.3 is 5.32 Å². The number of aryl methyl sites for hydroxylation is 2. The molecular formula is C17H19BrN2O3S. The van der Waals surface area contributed by atoms with Gasteiger partial charge in [0.25, 0.3) is 0 Å². The summed E-state index contributed by atoms with van der Waals surface area (Å²) in [7, 11) is -2.31. The van der Waals surface area contributed by atoms with Crippen LogP contribution in [0.2, 0.25) is 0 Å². The number of sulfonamides is 1. The third-order valence-electron chi connectivity index (χ3n) is 3.53. The molecule has 0 unspecified atom stereocenters. The Hall–Kier alpha value is -1.70. The normalized spacial score (nSPS) is 11.5. The van der Waals surface area contributed by atoms with Crippen molar-refractivity contribution in [2.24, 2.45) is 0 Å². The zero-order valence-corrected chi connectivity index (χ0v) is 16.1. The van der Waals surface area contributed by atoms with Crippen LogP contribution < -0.4 is 5.32 Å². The third-order valence-corrected chi connectivity index (χ3v) is 5.82. The lowest BCUT2D eigenvalue weighted by molar-refractivity contribution is -0.116. The van der Waals surface area contributed by atoms with Crippen molar-refractivity contribution >= 4 is 37.5 Å². The molecule has 7 heteroatoms. The molecule has 2 rings (SSSR count). The number of likely N-dealkylation sites (N-methyl/N-ethyl adjacent to an activating group) is 1. The van der Waals surface area contributed by atoms with Crippen LogP contribution in [0, 0.1) is 13.8 Å². The number of hydrogen-bond acceptors (Lipinski definition) is 3. The molecule has 0 aliphatic heterocycles. The van der Waals surface area contributed by atoms with E-state index in [4.69, 9.17) is 0 Å². The van der Waals surface area contributed by atoms with Gasteiger partial charge >= 0.3 is 0 Å². The van der Waals surface area contributed by atoms with Gasteiger partial charge in [-0.25, -0.2) is 8.42 Å². The minimum absolute atomic E-state index is 0.178. The SMILES string of the molecule is Cc1cccc(S(=O)(=O)N(C)CC(=O)Nc2ccc(Br)cc2C)c1. The van der Waals surface area contributed by atoms with Crippen LogP contribution in [0.1, 0.15) is 11.1 Å². The first-order chi connectivity index (χ1) is 11.2. The predicted octanol–water partition coefficient (Wildman–Crippen LogP) is 3.33. The molecule has 0 saturated carbocycles. The summed E-state index contributed by atoms with van der Waals surface area (Å²) in [4.78, 5) is 12.4. The summed E-state index contributed by atoms with van der Waals surface area (Å²) in [5, 5.41) is 2.74. The molecule has 0 heterocycles. The van der Waals surface area contributed by atoms with Gasteiger partial charge in [-0.05, 0) is 55.3 Å². The number of anilines is 1. The summed E-state index contributed by atoms with van der Waals surface area (Å²) in [6.45, 7) is 3.43. The molecule has 128 valence electrons. The van der Waals surface area contributed by atoms with E-state index < -0.39 is 10.0 Å². The van der Waals surface area contributed by atoms with Crippen molar-refractivity contribution in [3.63, 3.8) is 0 Å². The Bertz CT molecular complexity index is 866. The van der Waals surface area contributed by atoms with Crippen LogP contribution in [-0.2, 0) is 14.8 Å². The number of benzene rings is 2. The second-order valence-electron chi connectivity index (χ2n) is 5.59. The number of halogens is 1. The largest absolute Gasteiger partial charge is 0.325 e. The number of nitrogens with one attached hydrogen (secondary N) is 1. The Kier molecular flexibility index (Phi) is 5.79. The van der Waals surface area contributed by atoms with Gasteiger partial charge in [0.15, 0.2) is 0 Å². The Morgan fingerprint density at radius 1 is 1.17 bits per heavy atom. The molecule has 0 saturated heterocycles. The Labute approximate surface area is 150 Å². The lowest BCUT2D eigenvalue weighted by atomic mass is 10.2. The van der Waals surface area contributed by atoms with Gasteiger partial charge in [0.1, 0.15) is 0 Å². The van der Waals surface area contributed by atoms with E-state index in [1.165, 1.54) is 13.1 Å². The van der Waals surface area contributed by atoms with Gasteiger partial charge in [-0.1, -0.05) is 28.1 Å². The number of rotatable bonds is 5. The van der Waals surface area contributed by atoms with Gasteiger partial charge in [-0.2, -0.15) is 4.31 Å². The molecule has 0 aliphatic rings. The van der Waals surface area contributed by atoms with E-state index in [1.807, 2.05) is 32.0 Å². The molecule has 0 spiro atoms. The molecule has 2 aromatic rings. The predicted molar refractivity (Wildman–Crippen MR) is 98.5 cm³/mol. The highest BCUT2D eigenvalue weighted by Gasteiger charge is 2.23. The van der Waals surface area contributed by atoms with Crippen LogP contribution in [-0.4, -0.2) is 32.2 Å². The highest BCUT2D eigenvalue weighted by Crippen LogP contribution is 2.20. The Balaban J connectivity index is 2.10. The first kappa shape index (κ1) is 18.6. The molecule has 0 aromatic heterocycles. The first-order valence-corrected chi connectivity index (χ1v) is 9.52. The summed E-state index contributed by atoms with van der Waals surface area (Å²) >= 11 is 3.36. The van der Waals surface area contributed by atoms with E-state index in [9.17, 15) is 13.2 Å². The van der Waals surface area contributed by atoms with E-state index in [0.717, 1.165) is 19.9 Å². The van der Waals surface area contributed by atoms with E-state index in [1.54, 1.807) is 18.2 Å². The molecule has 0 fully saturated rings. The van der Waals surface area contributed by atoms with Crippen LogP contribution in [0.25, 0.3) is 0 Å². The van der Waals surface area contributed by atoms with Gasteiger partial charge in [-0.15, -0.1) is 0 Å². The molecule has 2 aromatic carbocycles. The maximum Gasteiger partial charge on any atom is 0.243 e. The molecule has 24 heavy (non-hydrogen) atoms. The quantitative estimate of drug-likeness (QED) is 0.821. The van der Waals surface area contributed by atoms with Gasteiger partial charge in [-0.3, -0.25) is 4.79 Å². The van der Waals surface area contributed by atoms with Crippen molar-refractivity contribution in [2.45, 2.75) is 18.7 Å². The standard InChI is InChI=1S/C17H19BrN2O3S/c1-12-5-4-6-15(9-12)24(22,23)20(3)11-17(21)19-16-8-7-14(18)10-13(16)2/h4-10H,11H2,1-3H3,(H,19,21). The number of nitrogens with zero attached hydrogens (tertiary/aromatic N) is 1. The minimum atomic E-state index is -3.70. The molecule has 0 aliphatic carbocycles. The number of hydrogen-bond donors (Lipinski definition) is 1. The molecule has 5 nitrogen and oxygen atoms in total. The topological polar surface area (TPSA) is 66.5 Å². The molecule has 1 N–H and O–H groups in total. The summed E-state index contributed by atoms with van der Waals surface area (Å²) < 4.78 is 27.0. The monoisotopic (exact) mass is 410 g/mol. The molecule has 0 atom stereocenters. The highest BCUT2D eigenvalue weighted by atomic mass is 79.9. The Morgan fingerprint density at radius 2 is 1.88 bits per heavy atom. The number of amides is 1. The zero-order chi connectivity index (χ0) is 17.9. The first-order valence-electron chi connectivity index (χ1n) is 7.29. The van der Waals surface area contributed by atoms with Gasteiger partial charge in [0.05, 0.1) is 11.4 Å². The summed E-state index contributed by atoms with van der Waals surface area (Å²) in [5.41, 5.74) is 2.39. The average molecular weight is 411 g/mol. The molecule has 0 radical (unpaired) electrons. The fourth-order valence-corrected chi connectivity index (χ4v) is 3.91. The maximum atomic E-state index is 12.5. The van der Waals surface area contributed by atoms with Crippen molar-refractivity contribution < 1.29 is 13.2 Å². The second-order valence-corrected chi connectivity index (χ2v) is 8.55. The fourth-order valence-electron chi connectivity index (χ4n) is 2.20. The zero-order valence-electron chi connectivity index (χ0n) is 13.7. The molecule has 0 bridgehead atoms. The second kappa shape index (κ2) is 7.46. The summed E-state index contributed by atoms with van der Waals surface area (Å²) in [6.07, 6.45) is 0. The fraction of sp³-hybridized carbons (Fsp3) is 0.235. The smallest absolute Gasteiger partial charge is 0.243 e. The number of carbonyl (C=O) groups is 1. The van der Waals surface area contributed by atoms with Crippen molar-refractivity contribution in [1.29, 1.82) is 0 Å². The van der Waals surface area contributed by atoms with Gasteiger partial charge in [0, 0.05) is 17.2 Å². The summed E-state index contributed by atoms with van der Waals surface area (Å²) in [5.74, 6) is -0.390. The van der Waals surface area contributed by atoms with Crippen LogP contribution in [0.3, 0.4) is 0 Å². The number of carbonyl (C=O) groups excluding carboxylic acids is 1. The lowest BCUT2D eigenvalue weighted by Crippen LogP contribution is -2.35. The van der Waals surface area contributed by atoms with Crippen LogP contribution in [0.5, 0.6) is 0 Å². The van der Waals surface area contributed by atoms with Crippen molar-refractivity contribution in [2.75, 3.05) is 18.9 Å². The lowest BCUT2D eigenvalue weighted by Gasteiger charge is -2.17. The minimum Gasteiger partial charge on any atom is -0.325 e. The molecular weight excluding hydrogens is 392 g/mol. The van der Waals surface area contributed by atoms with Gasteiger partial charge in [0.2, 0.25) is 15.9 Å². The van der Waals surface area contributed by atoms with E-state index in [2.05, 4.69) is 21.2 Å². The van der Waals surface area contributed by atoms with E-state index in [-0.39, 0.29) is 17.3 Å². The van der Waals surface area contributed by atoms with E-state index in [0.29, 0.717) is 5.69 Å². The third kappa shape index (κ3) is 4.43. The van der Waals surface area contributed by atoms with Crippen molar-refractivity contribution in [1.82, 2.24) is 4.31 Å². The van der Waals surface area contributed by atoms with Crippen molar-refractivity contribution in [3.05, 3.63) is 58.1 Å². The van der Waals surface area contributed by atoms with Crippen LogP contribution in [0.15, 0.2) is 51.8 Å². The average Bonchev–Trinajstić information content (AvgIpc) is 2.50. The highest BCUT2D eigenvalue weighted by molar-refractivity contribution is 9.10. The Morgan fingerprint density at radius 3 is 2.50 bits per heavy atom. The van der Waals surface area contributed by atoms with E-state index >= 15 is 0 Å². The van der Waals surface area contributed by atoms with Crippen LogP contribution >= 0.6 is 15.9 Å². The summed E-state index contributed by atoms with van der Waals surface area (Å²) in [6, 6.07) is 12.1. The van der Waals surface area contributed by atoms with Crippen LogP contribution in [0.4, 0.5) is 5.69 Å². The molecule has 1 amide bonds.